The molecule has 1 unspecified atom stereocenters. The van der Waals surface area contributed by atoms with Gasteiger partial charge in [0.05, 0.1) is 6.10 Å². The third kappa shape index (κ3) is 4.44. The van der Waals surface area contributed by atoms with Crippen molar-refractivity contribution in [2.45, 2.75) is 25.5 Å². The first-order valence-corrected chi connectivity index (χ1v) is 8.57. The number of hydrogen-bond acceptors (Lipinski definition) is 3. The zero-order chi connectivity index (χ0) is 17.8. The molecule has 0 aromatic heterocycles. The van der Waals surface area contributed by atoms with Gasteiger partial charge in [0.1, 0.15) is 5.82 Å². The standard InChI is InChI=1S/C20H23FN2O2/c21-18-6-4-15(5-7-18)19(24)16-8-10-23(11-9-16)13-14-2-1-3-17(12-14)20(22)25/h1-7,12,16,19,24H,8-11,13H2,(H2,22,25). The van der Waals surface area contributed by atoms with Gasteiger partial charge < -0.3 is 10.8 Å². The van der Waals surface area contributed by atoms with Crippen molar-refractivity contribution in [3.05, 3.63) is 71.0 Å². The van der Waals surface area contributed by atoms with Crippen LogP contribution in [-0.4, -0.2) is 29.0 Å². The minimum absolute atomic E-state index is 0.179. The lowest BCUT2D eigenvalue weighted by molar-refractivity contribution is 0.0567. The molecule has 3 rings (SSSR count). The first-order valence-electron chi connectivity index (χ1n) is 8.57. The van der Waals surface area contributed by atoms with Crippen LogP contribution < -0.4 is 5.73 Å². The number of nitrogens with zero attached hydrogens (tertiary/aromatic N) is 1. The number of nitrogens with two attached hydrogens (primary N) is 1. The van der Waals surface area contributed by atoms with Crippen LogP contribution in [0.4, 0.5) is 4.39 Å². The van der Waals surface area contributed by atoms with Crippen LogP contribution in [0.2, 0.25) is 0 Å². The lowest BCUT2D eigenvalue weighted by Gasteiger charge is -2.34. The van der Waals surface area contributed by atoms with Crippen molar-refractivity contribution >= 4 is 5.91 Å². The van der Waals surface area contributed by atoms with Crippen molar-refractivity contribution < 1.29 is 14.3 Å². The van der Waals surface area contributed by atoms with Gasteiger partial charge in [0.25, 0.3) is 0 Å². The Balaban J connectivity index is 1.55. The molecule has 0 saturated carbocycles. The van der Waals surface area contributed by atoms with Crippen LogP contribution in [0.5, 0.6) is 0 Å². The molecule has 4 nitrogen and oxygen atoms in total. The fourth-order valence-electron chi connectivity index (χ4n) is 3.44. The van der Waals surface area contributed by atoms with Gasteiger partial charge in [-0.05, 0) is 67.2 Å². The van der Waals surface area contributed by atoms with Crippen LogP contribution in [-0.2, 0) is 6.54 Å². The number of amides is 1. The van der Waals surface area contributed by atoms with Gasteiger partial charge in [-0.15, -0.1) is 0 Å². The van der Waals surface area contributed by atoms with E-state index in [1.54, 1.807) is 18.2 Å². The highest BCUT2D eigenvalue weighted by molar-refractivity contribution is 5.92. The fraction of sp³-hybridized carbons (Fsp3) is 0.350. The first-order chi connectivity index (χ1) is 12.0. The highest BCUT2D eigenvalue weighted by Gasteiger charge is 2.26. The Kier molecular flexibility index (Phi) is 5.46. The number of primary amides is 1. The van der Waals surface area contributed by atoms with E-state index in [-0.39, 0.29) is 11.7 Å². The molecule has 1 aliphatic rings. The lowest BCUT2D eigenvalue weighted by Crippen LogP contribution is -2.35. The number of carbonyl (C=O) groups is 1. The quantitative estimate of drug-likeness (QED) is 0.878. The number of likely N-dealkylation sites (tertiary alicyclic amines) is 1. The summed E-state index contributed by atoms with van der Waals surface area (Å²) in [6.45, 7) is 2.52. The summed E-state index contributed by atoms with van der Waals surface area (Å²) in [6, 6.07) is 13.5. The van der Waals surface area contributed by atoms with Gasteiger partial charge in [-0.2, -0.15) is 0 Å². The summed E-state index contributed by atoms with van der Waals surface area (Å²) < 4.78 is 13.0. The summed E-state index contributed by atoms with van der Waals surface area (Å²) in [5, 5.41) is 10.5. The van der Waals surface area contributed by atoms with E-state index in [1.807, 2.05) is 18.2 Å². The molecule has 132 valence electrons. The summed E-state index contributed by atoms with van der Waals surface area (Å²) in [5.41, 5.74) is 7.69. The van der Waals surface area contributed by atoms with Crippen LogP contribution in [0.1, 0.15) is 40.4 Å². The molecule has 1 heterocycles. The fourth-order valence-corrected chi connectivity index (χ4v) is 3.44. The normalized spacial score (nSPS) is 17.4. The molecule has 1 fully saturated rings. The number of hydrogen-bond donors (Lipinski definition) is 2. The van der Waals surface area contributed by atoms with E-state index in [0.29, 0.717) is 5.56 Å². The predicted molar refractivity (Wildman–Crippen MR) is 94.3 cm³/mol. The summed E-state index contributed by atoms with van der Waals surface area (Å²) in [5.74, 6) is -0.523. The number of piperidine rings is 1. The molecule has 0 aliphatic carbocycles. The molecule has 2 aromatic carbocycles. The summed E-state index contributed by atoms with van der Waals surface area (Å²) >= 11 is 0. The van der Waals surface area contributed by atoms with E-state index in [0.717, 1.165) is 43.6 Å². The Hall–Kier alpha value is -2.24. The molecule has 1 aliphatic heterocycles. The first kappa shape index (κ1) is 17.6. The zero-order valence-electron chi connectivity index (χ0n) is 14.1. The monoisotopic (exact) mass is 342 g/mol. The largest absolute Gasteiger partial charge is 0.388 e. The smallest absolute Gasteiger partial charge is 0.248 e. The van der Waals surface area contributed by atoms with Crippen molar-refractivity contribution in [3.63, 3.8) is 0 Å². The van der Waals surface area contributed by atoms with Crippen molar-refractivity contribution in [1.82, 2.24) is 4.90 Å². The molecule has 1 saturated heterocycles. The number of aliphatic hydroxyl groups is 1. The minimum Gasteiger partial charge on any atom is -0.388 e. The van der Waals surface area contributed by atoms with Crippen molar-refractivity contribution in [1.29, 1.82) is 0 Å². The highest BCUT2D eigenvalue weighted by Crippen LogP contribution is 2.31. The van der Waals surface area contributed by atoms with Crippen molar-refractivity contribution in [2.24, 2.45) is 11.7 Å². The molecule has 0 radical (unpaired) electrons. The Morgan fingerprint density at radius 2 is 1.88 bits per heavy atom. The average Bonchev–Trinajstić information content (AvgIpc) is 2.63. The number of benzene rings is 2. The maximum atomic E-state index is 13.0. The molecule has 5 heteroatoms. The highest BCUT2D eigenvalue weighted by atomic mass is 19.1. The summed E-state index contributed by atoms with van der Waals surface area (Å²) in [6.07, 6.45) is 1.21. The Bertz CT molecular complexity index is 725. The maximum absolute atomic E-state index is 13.0. The maximum Gasteiger partial charge on any atom is 0.248 e. The Morgan fingerprint density at radius 3 is 2.52 bits per heavy atom. The molecular formula is C20H23FN2O2. The van der Waals surface area contributed by atoms with E-state index in [1.165, 1.54) is 12.1 Å². The van der Waals surface area contributed by atoms with Crippen molar-refractivity contribution in [2.75, 3.05) is 13.1 Å². The van der Waals surface area contributed by atoms with Crippen molar-refractivity contribution in [3.8, 4) is 0 Å². The number of halogens is 1. The number of rotatable bonds is 5. The summed E-state index contributed by atoms with van der Waals surface area (Å²) in [4.78, 5) is 13.6. The molecule has 0 bridgehead atoms. The van der Waals surface area contributed by atoms with E-state index >= 15 is 0 Å². The van der Waals surface area contributed by atoms with E-state index < -0.39 is 12.0 Å². The van der Waals surface area contributed by atoms with Crippen LogP contribution in [0.15, 0.2) is 48.5 Å². The second-order valence-electron chi connectivity index (χ2n) is 6.67. The van der Waals surface area contributed by atoms with Gasteiger partial charge in [0, 0.05) is 12.1 Å². The molecule has 0 spiro atoms. The molecule has 2 aromatic rings. The second kappa shape index (κ2) is 7.76. The predicted octanol–water partition coefficient (Wildman–Crippen LogP) is 2.87. The number of carbonyl (C=O) groups excluding carboxylic acids is 1. The minimum atomic E-state index is -0.555. The zero-order valence-corrected chi connectivity index (χ0v) is 14.1. The second-order valence-corrected chi connectivity index (χ2v) is 6.67. The van der Waals surface area contributed by atoms with Crippen LogP contribution in [0, 0.1) is 11.7 Å². The van der Waals surface area contributed by atoms with Crippen LogP contribution in [0.25, 0.3) is 0 Å². The Morgan fingerprint density at radius 1 is 1.20 bits per heavy atom. The topological polar surface area (TPSA) is 66.6 Å². The molecule has 1 atom stereocenters. The van der Waals surface area contributed by atoms with E-state index in [2.05, 4.69) is 4.90 Å². The van der Waals surface area contributed by atoms with Gasteiger partial charge in [-0.25, -0.2) is 4.39 Å². The van der Waals surface area contributed by atoms with E-state index in [4.69, 9.17) is 5.73 Å². The summed E-state index contributed by atoms with van der Waals surface area (Å²) in [7, 11) is 0. The molecular weight excluding hydrogens is 319 g/mol. The number of aliphatic hydroxyl groups excluding tert-OH is 1. The van der Waals surface area contributed by atoms with Crippen LogP contribution >= 0.6 is 0 Å². The average molecular weight is 342 g/mol. The Labute approximate surface area is 147 Å². The van der Waals surface area contributed by atoms with Gasteiger partial charge in [0.2, 0.25) is 5.91 Å². The third-order valence-corrected chi connectivity index (χ3v) is 4.91. The van der Waals surface area contributed by atoms with Gasteiger partial charge in [-0.1, -0.05) is 24.3 Å². The lowest BCUT2D eigenvalue weighted by atomic mass is 9.87. The van der Waals surface area contributed by atoms with Crippen LogP contribution in [0.3, 0.4) is 0 Å². The van der Waals surface area contributed by atoms with Gasteiger partial charge in [0.15, 0.2) is 0 Å². The SMILES string of the molecule is NC(=O)c1cccc(CN2CCC(C(O)c3ccc(F)cc3)CC2)c1. The third-order valence-electron chi connectivity index (χ3n) is 4.91. The van der Waals surface area contributed by atoms with Gasteiger partial charge in [-0.3, -0.25) is 9.69 Å². The molecule has 3 N–H and O–H groups in total. The molecule has 25 heavy (non-hydrogen) atoms. The molecule has 1 amide bonds. The van der Waals surface area contributed by atoms with Gasteiger partial charge >= 0.3 is 0 Å². The van der Waals surface area contributed by atoms with E-state index in [9.17, 15) is 14.3 Å².